The molecule has 15 heavy (non-hydrogen) atoms. The van der Waals surface area contributed by atoms with Gasteiger partial charge < -0.3 is 9.84 Å². The van der Waals surface area contributed by atoms with Crippen molar-refractivity contribution >= 4 is 5.97 Å². The number of esters is 1. The lowest BCUT2D eigenvalue weighted by Crippen LogP contribution is -2.06. The number of aliphatic hydroxyl groups excluding tert-OH is 1. The summed E-state index contributed by atoms with van der Waals surface area (Å²) in [6.07, 6.45) is 1.87. The van der Waals surface area contributed by atoms with Gasteiger partial charge in [-0.3, -0.25) is 0 Å². The van der Waals surface area contributed by atoms with Gasteiger partial charge in [-0.1, -0.05) is 11.8 Å². The van der Waals surface area contributed by atoms with Crippen LogP contribution in [0.2, 0.25) is 0 Å². The van der Waals surface area contributed by atoms with Gasteiger partial charge in [0, 0.05) is 12.6 Å². The summed E-state index contributed by atoms with van der Waals surface area (Å²) in [5, 5.41) is 8.56. The molecule has 1 aromatic rings. The number of aromatic nitrogens is 1. The van der Waals surface area contributed by atoms with Crippen LogP contribution < -0.4 is 0 Å². The Morgan fingerprint density at radius 2 is 2.47 bits per heavy atom. The van der Waals surface area contributed by atoms with Crippen molar-refractivity contribution < 1.29 is 14.6 Å². The third-order valence-corrected chi connectivity index (χ3v) is 1.65. The number of rotatable bonds is 2. The molecular formula is C11H11NO3. The van der Waals surface area contributed by atoms with Gasteiger partial charge in [-0.2, -0.15) is 0 Å². The third kappa shape index (κ3) is 3.08. The molecule has 0 fully saturated rings. The molecule has 0 bridgehead atoms. The van der Waals surface area contributed by atoms with E-state index in [2.05, 4.69) is 21.6 Å². The smallest absolute Gasteiger partial charge is 0.357 e. The van der Waals surface area contributed by atoms with Gasteiger partial charge in [0.1, 0.15) is 0 Å². The number of methoxy groups -OCH3 is 1. The molecule has 0 atom stereocenters. The van der Waals surface area contributed by atoms with E-state index in [9.17, 15) is 4.79 Å². The summed E-state index contributed by atoms with van der Waals surface area (Å²) in [6, 6.07) is 3.37. The van der Waals surface area contributed by atoms with E-state index in [1.54, 1.807) is 12.1 Å². The lowest BCUT2D eigenvalue weighted by Gasteiger charge is -1.99. The standard InChI is InChI=1S/C11H11NO3/c1-15-11(14)10-9(5-2-3-8-13)6-4-7-12-10/h4,6-7,13H,3,8H2,1H3. The predicted molar refractivity (Wildman–Crippen MR) is 54.2 cm³/mol. The Labute approximate surface area is 87.9 Å². The normalized spacial score (nSPS) is 8.93. The maximum absolute atomic E-state index is 11.3. The molecule has 1 N–H and O–H groups in total. The first-order chi connectivity index (χ1) is 7.29. The van der Waals surface area contributed by atoms with Gasteiger partial charge in [-0.15, -0.1) is 0 Å². The molecule has 4 nitrogen and oxygen atoms in total. The van der Waals surface area contributed by atoms with Gasteiger partial charge in [-0.25, -0.2) is 9.78 Å². The molecule has 0 aliphatic rings. The molecule has 1 heterocycles. The van der Waals surface area contributed by atoms with Gasteiger partial charge in [-0.05, 0) is 12.1 Å². The Morgan fingerprint density at radius 1 is 1.67 bits per heavy atom. The maximum atomic E-state index is 11.3. The summed E-state index contributed by atoms with van der Waals surface area (Å²) in [5.41, 5.74) is 0.711. The quantitative estimate of drug-likeness (QED) is 0.567. The topological polar surface area (TPSA) is 59.4 Å². The fraction of sp³-hybridized carbons (Fsp3) is 0.273. The number of carbonyl (C=O) groups excluding carboxylic acids is 1. The highest BCUT2D eigenvalue weighted by molar-refractivity contribution is 5.89. The summed E-state index contributed by atoms with van der Waals surface area (Å²) < 4.78 is 4.56. The highest BCUT2D eigenvalue weighted by Gasteiger charge is 2.10. The van der Waals surface area contributed by atoms with Crippen LogP contribution in [0, 0.1) is 11.8 Å². The van der Waals surface area contributed by atoms with E-state index in [4.69, 9.17) is 5.11 Å². The first kappa shape index (κ1) is 11.2. The van der Waals surface area contributed by atoms with Crippen LogP contribution >= 0.6 is 0 Å². The Bertz CT molecular complexity index is 404. The average Bonchev–Trinajstić information content (AvgIpc) is 2.29. The van der Waals surface area contributed by atoms with Crippen LogP contribution in [0.5, 0.6) is 0 Å². The molecule has 0 unspecified atom stereocenters. The van der Waals surface area contributed by atoms with Crippen LogP contribution in [0.1, 0.15) is 22.5 Å². The van der Waals surface area contributed by atoms with E-state index in [0.717, 1.165) is 0 Å². The van der Waals surface area contributed by atoms with Crippen molar-refractivity contribution in [1.29, 1.82) is 0 Å². The Morgan fingerprint density at radius 3 is 3.13 bits per heavy atom. The Balaban J connectivity index is 2.98. The summed E-state index contributed by atoms with van der Waals surface area (Å²) in [4.78, 5) is 15.2. The SMILES string of the molecule is COC(=O)c1ncccc1C#CCCO. The molecule has 1 rings (SSSR count). The number of aliphatic hydroxyl groups is 1. The van der Waals surface area contributed by atoms with Gasteiger partial charge in [0.2, 0.25) is 0 Å². The van der Waals surface area contributed by atoms with Gasteiger partial charge in [0.05, 0.1) is 19.3 Å². The number of hydrogen-bond acceptors (Lipinski definition) is 4. The predicted octanol–water partition coefficient (Wildman–Crippen LogP) is 0.602. The van der Waals surface area contributed by atoms with Gasteiger partial charge in [0.15, 0.2) is 5.69 Å². The lowest BCUT2D eigenvalue weighted by molar-refractivity contribution is 0.0593. The second-order valence-corrected chi connectivity index (χ2v) is 2.67. The summed E-state index contributed by atoms with van der Waals surface area (Å²) in [5.74, 6) is 4.97. The summed E-state index contributed by atoms with van der Waals surface area (Å²) >= 11 is 0. The van der Waals surface area contributed by atoms with Crippen molar-refractivity contribution in [3.8, 4) is 11.8 Å². The Kier molecular flexibility index (Phi) is 4.32. The highest BCUT2D eigenvalue weighted by Crippen LogP contribution is 2.04. The summed E-state index contributed by atoms with van der Waals surface area (Å²) in [7, 11) is 1.29. The molecular weight excluding hydrogens is 194 g/mol. The van der Waals surface area contributed by atoms with Crippen LogP contribution in [-0.4, -0.2) is 29.8 Å². The molecule has 0 aliphatic heterocycles. The second-order valence-electron chi connectivity index (χ2n) is 2.67. The van der Waals surface area contributed by atoms with Gasteiger partial charge in [0.25, 0.3) is 0 Å². The molecule has 78 valence electrons. The molecule has 0 aromatic carbocycles. The molecule has 0 spiro atoms. The van der Waals surface area contributed by atoms with E-state index in [1.165, 1.54) is 13.3 Å². The van der Waals surface area contributed by atoms with Crippen molar-refractivity contribution in [2.75, 3.05) is 13.7 Å². The molecule has 1 aromatic heterocycles. The van der Waals surface area contributed by atoms with Crippen LogP contribution in [0.4, 0.5) is 0 Å². The second kappa shape index (κ2) is 5.78. The summed E-state index contributed by atoms with van der Waals surface area (Å²) in [6.45, 7) is 0.000813. The lowest BCUT2D eigenvalue weighted by atomic mass is 10.2. The third-order valence-electron chi connectivity index (χ3n) is 1.65. The zero-order chi connectivity index (χ0) is 11.1. The minimum atomic E-state index is -0.510. The average molecular weight is 205 g/mol. The van der Waals surface area contributed by atoms with E-state index in [1.807, 2.05) is 0 Å². The molecule has 0 amide bonds. The fourth-order valence-electron chi connectivity index (χ4n) is 0.979. The zero-order valence-electron chi connectivity index (χ0n) is 8.36. The first-order valence-corrected chi connectivity index (χ1v) is 4.42. The van der Waals surface area contributed by atoms with E-state index >= 15 is 0 Å². The minimum absolute atomic E-state index is 0.000813. The molecule has 0 radical (unpaired) electrons. The number of ether oxygens (including phenoxy) is 1. The molecule has 0 saturated carbocycles. The van der Waals surface area contributed by atoms with Crippen LogP contribution in [0.3, 0.4) is 0 Å². The fourth-order valence-corrected chi connectivity index (χ4v) is 0.979. The van der Waals surface area contributed by atoms with E-state index in [0.29, 0.717) is 12.0 Å². The van der Waals surface area contributed by atoms with Crippen molar-refractivity contribution in [1.82, 2.24) is 4.98 Å². The van der Waals surface area contributed by atoms with Crippen molar-refractivity contribution in [3.05, 3.63) is 29.6 Å². The van der Waals surface area contributed by atoms with Crippen molar-refractivity contribution in [2.24, 2.45) is 0 Å². The molecule has 4 heteroatoms. The van der Waals surface area contributed by atoms with Crippen molar-refractivity contribution in [2.45, 2.75) is 6.42 Å². The number of nitrogens with zero attached hydrogens (tertiary/aromatic N) is 1. The number of hydrogen-bond donors (Lipinski definition) is 1. The minimum Gasteiger partial charge on any atom is -0.464 e. The molecule has 0 saturated heterocycles. The monoisotopic (exact) mass is 205 g/mol. The van der Waals surface area contributed by atoms with Gasteiger partial charge >= 0.3 is 5.97 Å². The zero-order valence-corrected chi connectivity index (χ0v) is 8.36. The van der Waals surface area contributed by atoms with Crippen molar-refractivity contribution in [3.63, 3.8) is 0 Å². The largest absolute Gasteiger partial charge is 0.464 e. The highest BCUT2D eigenvalue weighted by atomic mass is 16.5. The number of carbonyl (C=O) groups is 1. The maximum Gasteiger partial charge on any atom is 0.357 e. The molecule has 0 aliphatic carbocycles. The van der Waals surface area contributed by atoms with E-state index < -0.39 is 5.97 Å². The Hall–Kier alpha value is -1.86. The first-order valence-electron chi connectivity index (χ1n) is 4.42. The van der Waals surface area contributed by atoms with E-state index in [-0.39, 0.29) is 12.3 Å². The van der Waals surface area contributed by atoms with Crippen LogP contribution in [0.25, 0.3) is 0 Å². The number of pyridine rings is 1. The van der Waals surface area contributed by atoms with Crippen LogP contribution in [-0.2, 0) is 4.74 Å². The van der Waals surface area contributed by atoms with Crippen LogP contribution in [0.15, 0.2) is 18.3 Å².